The Kier molecular flexibility index (Phi) is 4.37. The van der Waals surface area contributed by atoms with E-state index in [0.29, 0.717) is 6.54 Å². The van der Waals surface area contributed by atoms with Crippen LogP contribution >= 0.6 is 0 Å². The Balaban J connectivity index is 1.43. The molecule has 2 aromatic rings. The predicted molar refractivity (Wildman–Crippen MR) is 92.2 cm³/mol. The first-order chi connectivity index (χ1) is 12.1. The number of halogens is 2. The molecule has 6 heteroatoms. The Labute approximate surface area is 146 Å². The van der Waals surface area contributed by atoms with Crippen LogP contribution in [0.2, 0.25) is 0 Å². The molecule has 1 spiro atoms. The van der Waals surface area contributed by atoms with Gasteiger partial charge in [-0.2, -0.15) is 0 Å². The summed E-state index contributed by atoms with van der Waals surface area (Å²) in [6.45, 7) is 4.65. The largest absolute Gasteiger partial charge is 0.355 e. The number of hydrogen-bond donors (Lipinski definition) is 0. The van der Waals surface area contributed by atoms with Crippen molar-refractivity contribution in [3.8, 4) is 0 Å². The average Bonchev–Trinajstić information content (AvgIpc) is 3.02. The Morgan fingerprint density at radius 3 is 2.76 bits per heavy atom. The first-order valence-electron chi connectivity index (χ1n) is 8.81. The van der Waals surface area contributed by atoms with E-state index >= 15 is 0 Å². The summed E-state index contributed by atoms with van der Waals surface area (Å²) in [7, 11) is 0. The Hall–Kier alpha value is -2.08. The van der Waals surface area contributed by atoms with Gasteiger partial charge in [-0.05, 0) is 43.5 Å². The molecule has 4 nitrogen and oxygen atoms in total. The average molecular weight is 344 g/mol. The van der Waals surface area contributed by atoms with Crippen LogP contribution in [-0.4, -0.2) is 41.0 Å². The number of benzene rings is 1. The zero-order valence-corrected chi connectivity index (χ0v) is 14.2. The van der Waals surface area contributed by atoms with Gasteiger partial charge < -0.3 is 4.90 Å². The number of rotatable bonds is 3. The van der Waals surface area contributed by atoms with Crippen LogP contribution in [0.15, 0.2) is 36.8 Å². The van der Waals surface area contributed by atoms with Crippen LogP contribution in [0, 0.1) is 17.0 Å². The first-order valence-corrected chi connectivity index (χ1v) is 8.81. The van der Waals surface area contributed by atoms with Crippen molar-refractivity contribution in [3.05, 3.63) is 54.0 Å². The lowest BCUT2D eigenvalue weighted by Crippen LogP contribution is -2.44. The molecule has 25 heavy (non-hydrogen) atoms. The third-order valence-corrected chi connectivity index (χ3v) is 5.44. The highest BCUT2D eigenvalue weighted by Crippen LogP contribution is 2.40. The van der Waals surface area contributed by atoms with Gasteiger partial charge in [0.15, 0.2) is 11.6 Å². The maximum absolute atomic E-state index is 13.5. The molecule has 2 aliphatic heterocycles. The smallest absolute Gasteiger partial charge is 0.159 e. The summed E-state index contributed by atoms with van der Waals surface area (Å²) in [5.74, 6) is -0.606. The van der Waals surface area contributed by atoms with Gasteiger partial charge in [0.05, 0.1) is 6.20 Å². The highest BCUT2D eigenvalue weighted by atomic mass is 19.2. The Bertz CT molecular complexity index is 739. The second kappa shape index (κ2) is 6.67. The normalized spacial score (nSPS) is 24.2. The SMILES string of the molecule is Fc1ccc(CN2CCC[C@@]3(CCN(c4cnccn4)C3)C2)cc1F. The molecule has 0 N–H and O–H groups in total. The monoisotopic (exact) mass is 344 g/mol. The van der Waals surface area contributed by atoms with Crippen LogP contribution in [0.25, 0.3) is 0 Å². The molecule has 3 heterocycles. The molecule has 1 atom stereocenters. The minimum absolute atomic E-state index is 0.258. The van der Waals surface area contributed by atoms with Crippen molar-refractivity contribution in [1.29, 1.82) is 0 Å². The minimum atomic E-state index is -0.783. The molecule has 2 saturated heterocycles. The van der Waals surface area contributed by atoms with Crippen molar-refractivity contribution in [2.24, 2.45) is 5.41 Å². The third-order valence-electron chi connectivity index (χ3n) is 5.44. The molecule has 0 aliphatic carbocycles. The lowest BCUT2D eigenvalue weighted by atomic mass is 9.79. The molecule has 1 aromatic carbocycles. The van der Waals surface area contributed by atoms with Crippen LogP contribution in [0.1, 0.15) is 24.8 Å². The highest BCUT2D eigenvalue weighted by Gasteiger charge is 2.41. The minimum Gasteiger partial charge on any atom is -0.355 e. The van der Waals surface area contributed by atoms with Gasteiger partial charge in [0.1, 0.15) is 5.82 Å². The molecule has 0 unspecified atom stereocenters. The van der Waals surface area contributed by atoms with E-state index in [1.54, 1.807) is 18.5 Å². The van der Waals surface area contributed by atoms with E-state index in [-0.39, 0.29) is 5.41 Å². The predicted octanol–water partition coefficient (Wildman–Crippen LogP) is 3.25. The lowest BCUT2D eigenvalue weighted by Gasteiger charge is -2.40. The van der Waals surface area contributed by atoms with E-state index in [1.165, 1.54) is 18.6 Å². The van der Waals surface area contributed by atoms with Crippen molar-refractivity contribution >= 4 is 5.82 Å². The first kappa shape index (κ1) is 16.4. The van der Waals surface area contributed by atoms with Crippen LogP contribution in [0.4, 0.5) is 14.6 Å². The van der Waals surface area contributed by atoms with Crippen LogP contribution in [0.5, 0.6) is 0 Å². The molecule has 0 saturated carbocycles. The highest BCUT2D eigenvalue weighted by molar-refractivity contribution is 5.37. The second-order valence-corrected chi connectivity index (χ2v) is 7.30. The fraction of sp³-hybridized carbons (Fsp3) is 0.474. The number of nitrogens with zero attached hydrogens (tertiary/aromatic N) is 4. The molecule has 132 valence electrons. The molecule has 1 aromatic heterocycles. The van der Waals surface area contributed by atoms with Gasteiger partial charge in [-0.15, -0.1) is 0 Å². The van der Waals surface area contributed by atoms with E-state index in [1.807, 2.05) is 6.20 Å². The maximum Gasteiger partial charge on any atom is 0.159 e. The van der Waals surface area contributed by atoms with Crippen molar-refractivity contribution in [2.75, 3.05) is 31.1 Å². The van der Waals surface area contributed by atoms with E-state index in [9.17, 15) is 8.78 Å². The third kappa shape index (κ3) is 3.49. The number of aromatic nitrogens is 2. The summed E-state index contributed by atoms with van der Waals surface area (Å²) >= 11 is 0. The standard InChI is InChI=1S/C19H22F2N4/c20-16-3-2-15(10-17(16)21)12-24-8-1-4-19(13-24)5-9-25(14-19)18-11-22-6-7-23-18/h2-3,6-7,10-11H,1,4-5,8-9,12-14H2/t19-/m1/s1. The summed E-state index contributed by atoms with van der Waals surface area (Å²) in [6, 6.07) is 4.22. The number of anilines is 1. The quantitative estimate of drug-likeness (QED) is 0.856. The molecule has 0 amide bonds. The van der Waals surface area contributed by atoms with Crippen LogP contribution < -0.4 is 4.90 Å². The molecular formula is C19H22F2N4. The molecule has 0 bridgehead atoms. The van der Waals surface area contributed by atoms with Gasteiger partial charge in [-0.1, -0.05) is 6.07 Å². The van der Waals surface area contributed by atoms with E-state index < -0.39 is 11.6 Å². The zero-order valence-electron chi connectivity index (χ0n) is 14.2. The van der Waals surface area contributed by atoms with E-state index in [0.717, 1.165) is 50.4 Å². The molecule has 2 fully saturated rings. The Morgan fingerprint density at radius 1 is 1.04 bits per heavy atom. The van der Waals surface area contributed by atoms with Gasteiger partial charge in [-0.25, -0.2) is 13.8 Å². The summed E-state index contributed by atoms with van der Waals surface area (Å²) in [5, 5.41) is 0. The summed E-state index contributed by atoms with van der Waals surface area (Å²) in [5.41, 5.74) is 1.09. The van der Waals surface area contributed by atoms with Crippen molar-refractivity contribution in [3.63, 3.8) is 0 Å². The molecule has 2 aliphatic rings. The number of likely N-dealkylation sites (tertiary alicyclic amines) is 1. The van der Waals surface area contributed by atoms with Crippen LogP contribution in [0.3, 0.4) is 0 Å². The van der Waals surface area contributed by atoms with E-state index in [4.69, 9.17) is 0 Å². The maximum atomic E-state index is 13.5. The van der Waals surface area contributed by atoms with Gasteiger partial charge in [0, 0.05) is 44.0 Å². The summed E-state index contributed by atoms with van der Waals surface area (Å²) in [4.78, 5) is 13.3. The second-order valence-electron chi connectivity index (χ2n) is 7.30. The fourth-order valence-corrected chi connectivity index (χ4v) is 4.26. The number of piperidine rings is 1. The Morgan fingerprint density at radius 2 is 1.96 bits per heavy atom. The lowest BCUT2D eigenvalue weighted by molar-refractivity contribution is 0.0990. The topological polar surface area (TPSA) is 32.3 Å². The van der Waals surface area contributed by atoms with Gasteiger partial charge >= 0.3 is 0 Å². The van der Waals surface area contributed by atoms with Gasteiger partial charge in [0.25, 0.3) is 0 Å². The van der Waals surface area contributed by atoms with E-state index in [2.05, 4.69) is 19.8 Å². The van der Waals surface area contributed by atoms with Crippen LogP contribution in [-0.2, 0) is 6.54 Å². The van der Waals surface area contributed by atoms with Crippen molar-refractivity contribution in [1.82, 2.24) is 14.9 Å². The summed E-state index contributed by atoms with van der Waals surface area (Å²) < 4.78 is 26.6. The molecular weight excluding hydrogens is 322 g/mol. The fourth-order valence-electron chi connectivity index (χ4n) is 4.26. The zero-order chi connectivity index (χ0) is 17.3. The number of hydrogen-bond acceptors (Lipinski definition) is 4. The molecule has 4 rings (SSSR count). The van der Waals surface area contributed by atoms with Gasteiger partial charge in [0.2, 0.25) is 0 Å². The molecule has 0 radical (unpaired) electrons. The van der Waals surface area contributed by atoms with Crippen molar-refractivity contribution < 1.29 is 8.78 Å². The van der Waals surface area contributed by atoms with Gasteiger partial charge in [-0.3, -0.25) is 9.88 Å². The summed E-state index contributed by atoms with van der Waals surface area (Å²) in [6.07, 6.45) is 8.73. The van der Waals surface area contributed by atoms with Crippen molar-refractivity contribution in [2.45, 2.75) is 25.8 Å².